The topological polar surface area (TPSA) is 32.3 Å². The largest absolute Gasteiger partial charge is 0.386 e. The summed E-state index contributed by atoms with van der Waals surface area (Å²) in [7, 11) is 0. The van der Waals surface area contributed by atoms with Crippen LogP contribution < -0.4 is 5.32 Å². The molecule has 0 saturated carbocycles. The number of nitrogens with one attached hydrogen (secondary N) is 1. The molecular weight excluding hydrogens is 258 g/mol. The lowest BCUT2D eigenvalue weighted by Crippen LogP contribution is -2.31. The number of rotatable bonds is 2. The highest BCUT2D eigenvalue weighted by atomic mass is 35.5. The third-order valence-electron chi connectivity index (χ3n) is 3.65. The van der Waals surface area contributed by atoms with Gasteiger partial charge in [0.2, 0.25) is 0 Å². The Morgan fingerprint density at radius 1 is 1.16 bits per heavy atom. The molecule has 1 aliphatic rings. The van der Waals surface area contributed by atoms with E-state index < -0.39 is 6.10 Å². The summed E-state index contributed by atoms with van der Waals surface area (Å²) < 4.78 is 0. The molecule has 2 aromatic rings. The Labute approximate surface area is 118 Å². The Morgan fingerprint density at radius 2 is 2.00 bits per heavy atom. The lowest BCUT2D eigenvalue weighted by Gasteiger charge is -2.30. The van der Waals surface area contributed by atoms with Gasteiger partial charge in [-0.1, -0.05) is 41.9 Å². The first kappa shape index (κ1) is 12.5. The van der Waals surface area contributed by atoms with E-state index in [1.165, 1.54) is 5.56 Å². The van der Waals surface area contributed by atoms with Crippen LogP contribution in [0.2, 0.25) is 5.02 Å². The second-order valence-corrected chi connectivity index (χ2v) is 5.38. The number of aliphatic hydroxyl groups excluding tert-OH is 1. The lowest BCUT2D eigenvalue weighted by molar-refractivity contribution is 0.149. The van der Waals surface area contributed by atoms with E-state index in [9.17, 15) is 5.11 Å². The van der Waals surface area contributed by atoms with Crippen molar-refractivity contribution in [2.24, 2.45) is 0 Å². The molecule has 3 heteroatoms. The maximum absolute atomic E-state index is 10.5. The van der Waals surface area contributed by atoms with Crippen LogP contribution in [-0.4, -0.2) is 11.1 Å². The van der Waals surface area contributed by atoms with E-state index in [1.54, 1.807) is 0 Å². The minimum atomic E-state index is -0.535. The molecule has 2 unspecified atom stereocenters. The molecule has 2 nitrogen and oxygen atoms in total. The van der Waals surface area contributed by atoms with Gasteiger partial charge >= 0.3 is 0 Å². The zero-order valence-electron chi connectivity index (χ0n) is 10.5. The minimum absolute atomic E-state index is 0.0355. The molecule has 0 aromatic heterocycles. The van der Waals surface area contributed by atoms with Crippen LogP contribution in [0.15, 0.2) is 48.5 Å². The van der Waals surface area contributed by atoms with Crippen molar-refractivity contribution in [1.82, 2.24) is 0 Å². The second-order valence-electron chi connectivity index (χ2n) is 4.95. The average Bonchev–Trinajstić information content (AvgIpc) is 2.46. The molecule has 19 heavy (non-hydrogen) atoms. The summed E-state index contributed by atoms with van der Waals surface area (Å²) in [6, 6.07) is 15.7. The van der Waals surface area contributed by atoms with E-state index in [2.05, 4.69) is 17.4 Å². The summed E-state index contributed by atoms with van der Waals surface area (Å²) >= 11 is 5.98. The number of aryl methyl sites for hydroxylation is 1. The smallest absolute Gasteiger partial charge is 0.0991 e. The fraction of sp³-hybridized carbons (Fsp3) is 0.250. The van der Waals surface area contributed by atoms with Crippen LogP contribution in [0.5, 0.6) is 0 Å². The van der Waals surface area contributed by atoms with E-state index >= 15 is 0 Å². The number of halogens is 1. The van der Waals surface area contributed by atoms with Gasteiger partial charge in [-0.3, -0.25) is 0 Å². The molecule has 1 heterocycles. The zero-order chi connectivity index (χ0) is 13.2. The molecule has 1 aliphatic heterocycles. The Bertz CT molecular complexity index is 584. The molecule has 0 radical (unpaired) electrons. The summed E-state index contributed by atoms with van der Waals surface area (Å²) in [4.78, 5) is 0. The SMILES string of the molecule is OC(c1cccc(Cl)c1)C1CCc2ccccc2N1. The maximum atomic E-state index is 10.5. The van der Waals surface area contributed by atoms with Crippen molar-refractivity contribution in [3.8, 4) is 0 Å². The number of aliphatic hydroxyl groups is 1. The molecule has 2 aromatic carbocycles. The van der Waals surface area contributed by atoms with Crippen molar-refractivity contribution >= 4 is 17.3 Å². The number of benzene rings is 2. The van der Waals surface area contributed by atoms with Crippen molar-refractivity contribution in [3.05, 3.63) is 64.7 Å². The Kier molecular flexibility index (Phi) is 3.45. The summed E-state index contributed by atoms with van der Waals surface area (Å²) in [5.74, 6) is 0. The maximum Gasteiger partial charge on any atom is 0.0991 e. The van der Waals surface area contributed by atoms with Gasteiger partial charge in [0, 0.05) is 10.7 Å². The first-order valence-corrected chi connectivity index (χ1v) is 6.90. The first-order chi connectivity index (χ1) is 9.24. The van der Waals surface area contributed by atoms with Crippen LogP contribution >= 0.6 is 11.6 Å². The number of hydrogen-bond acceptors (Lipinski definition) is 2. The summed E-state index contributed by atoms with van der Waals surface area (Å²) in [6.45, 7) is 0. The highest BCUT2D eigenvalue weighted by Crippen LogP contribution is 2.31. The van der Waals surface area contributed by atoms with Crippen molar-refractivity contribution < 1.29 is 5.11 Å². The van der Waals surface area contributed by atoms with Crippen LogP contribution in [0.4, 0.5) is 5.69 Å². The van der Waals surface area contributed by atoms with Gasteiger partial charge in [-0.15, -0.1) is 0 Å². The van der Waals surface area contributed by atoms with Crippen LogP contribution in [0, 0.1) is 0 Å². The monoisotopic (exact) mass is 273 g/mol. The van der Waals surface area contributed by atoms with Crippen molar-refractivity contribution in [2.75, 3.05) is 5.32 Å². The number of fused-ring (bicyclic) bond motifs is 1. The Hall–Kier alpha value is -1.51. The van der Waals surface area contributed by atoms with E-state index in [4.69, 9.17) is 11.6 Å². The Morgan fingerprint density at radius 3 is 2.84 bits per heavy atom. The van der Waals surface area contributed by atoms with Crippen LogP contribution in [-0.2, 0) is 6.42 Å². The molecule has 3 rings (SSSR count). The van der Waals surface area contributed by atoms with Gasteiger partial charge in [0.25, 0.3) is 0 Å². The first-order valence-electron chi connectivity index (χ1n) is 6.52. The predicted octanol–water partition coefficient (Wildman–Crippen LogP) is 3.80. The van der Waals surface area contributed by atoms with Gasteiger partial charge in [0.15, 0.2) is 0 Å². The fourth-order valence-electron chi connectivity index (χ4n) is 2.62. The van der Waals surface area contributed by atoms with Crippen LogP contribution in [0.25, 0.3) is 0 Å². The van der Waals surface area contributed by atoms with E-state index in [-0.39, 0.29) is 6.04 Å². The highest BCUT2D eigenvalue weighted by Gasteiger charge is 2.25. The van der Waals surface area contributed by atoms with Crippen molar-refractivity contribution in [2.45, 2.75) is 25.0 Å². The molecule has 0 aliphatic carbocycles. The average molecular weight is 274 g/mol. The molecule has 2 N–H and O–H groups in total. The molecule has 98 valence electrons. The van der Waals surface area contributed by atoms with Crippen molar-refractivity contribution in [3.63, 3.8) is 0 Å². The zero-order valence-corrected chi connectivity index (χ0v) is 11.3. The quantitative estimate of drug-likeness (QED) is 0.872. The molecule has 0 spiro atoms. The summed E-state index contributed by atoms with van der Waals surface area (Å²) in [5, 5.41) is 14.6. The molecule has 0 fully saturated rings. The predicted molar refractivity (Wildman–Crippen MR) is 78.6 cm³/mol. The molecule has 2 atom stereocenters. The highest BCUT2D eigenvalue weighted by molar-refractivity contribution is 6.30. The standard InChI is InChI=1S/C16H16ClNO/c17-13-6-3-5-12(10-13)16(19)15-9-8-11-4-1-2-7-14(11)18-15/h1-7,10,15-16,18-19H,8-9H2. The fourth-order valence-corrected chi connectivity index (χ4v) is 2.82. The van der Waals surface area contributed by atoms with Crippen LogP contribution in [0.1, 0.15) is 23.7 Å². The van der Waals surface area contributed by atoms with Crippen LogP contribution in [0.3, 0.4) is 0 Å². The van der Waals surface area contributed by atoms with E-state index in [0.717, 1.165) is 24.1 Å². The molecule has 0 amide bonds. The van der Waals surface area contributed by atoms with Gasteiger partial charge in [0.05, 0.1) is 12.1 Å². The molecule has 0 saturated heterocycles. The summed E-state index contributed by atoms with van der Waals surface area (Å²) in [6.07, 6.45) is 1.38. The summed E-state index contributed by atoms with van der Waals surface area (Å²) in [5.41, 5.74) is 3.31. The minimum Gasteiger partial charge on any atom is -0.386 e. The molecule has 0 bridgehead atoms. The van der Waals surface area contributed by atoms with Gasteiger partial charge in [0.1, 0.15) is 0 Å². The third-order valence-corrected chi connectivity index (χ3v) is 3.89. The number of hydrogen-bond donors (Lipinski definition) is 2. The van der Waals surface area contributed by atoms with Gasteiger partial charge < -0.3 is 10.4 Å². The number of anilines is 1. The molecular formula is C16H16ClNO. The normalized spacial score (nSPS) is 19.4. The van der Waals surface area contributed by atoms with Gasteiger partial charge in [-0.2, -0.15) is 0 Å². The number of para-hydroxylation sites is 1. The van der Waals surface area contributed by atoms with E-state index in [1.807, 2.05) is 36.4 Å². The van der Waals surface area contributed by atoms with E-state index in [0.29, 0.717) is 5.02 Å². The third kappa shape index (κ3) is 2.60. The van der Waals surface area contributed by atoms with Gasteiger partial charge in [-0.05, 0) is 42.2 Å². The van der Waals surface area contributed by atoms with Gasteiger partial charge in [-0.25, -0.2) is 0 Å². The Balaban J connectivity index is 1.81. The lowest BCUT2D eigenvalue weighted by atomic mass is 9.92. The second kappa shape index (κ2) is 5.24. The van der Waals surface area contributed by atoms with Crippen molar-refractivity contribution in [1.29, 1.82) is 0 Å².